The first-order valence-electron chi connectivity index (χ1n) is 7.88. The predicted molar refractivity (Wildman–Crippen MR) is 107 cm³/mol. The number of rotatable bonds is 8. The molecule has 1 N–H and O–H groups in total. The Labute approximate surface area is 161 Å². The molecular weight excluding hydrogens is 421 g/mol. The average Bonchev–Trinajstić information content (AvgIpc) is 2.55. The Morgan fingerprint density at radius 2 is 1.92 bits per heavy atom. The van der Waals surface area contributed by atoms with Crippen LogP contribution in [0.2, 0.25) is 0 Å². The van der Waals surface area contributed by atoms with Gasteiger partial charge in [-0.15, -0.1) is 24.0 Å². The van der Waals surface area contributed by atoms with Gasteiger partial charge in [-0.3, -0.25) is 9.79 Å². The average molecular weight is 449 g/mol. The Balaban J connectivity index is 0.00000529. The van der Waals surface area contributed by atoms with Crippen molar-refractivity contribution in [1.82, 2.24) is 10.2 Å². The van der Waals surface area contributed by atoms with Crippen LogP contribution < -0.4 is 10.1 Å². The zero-order chi connectivity index (χ0) is 17.1. The molecular formula is C17H28IN3O3. The topological polar surface area (TPSA) is 63.2 Å². The summed E-state index contributed by atoms with van der Waals surface area (Å²) in [4.78, 5) is 17.6. The molecule has 0 radical (unpaired) electrons. The van der Waals surface area contributed by atoms with Crippen molar-refractivity contribution in [2.24, 2.45) is 4.99 Å². The summed E-state index contributed by atoms with van der Waals surface area (Å²) in [7, 11) is 3.35. The highest BCUT2D eigenvalue weighted by Gasteiger charge is 2.07. The molecule has 0 aliphatic carbocycles. The highest BCUT2D eigenvalue weighted by atomic mass is 127. The molecule has 0 aliphatic rings. The number of hydrogen-bond donors (Lipinski definition) is 1. The lowest BCUT2D eigenvalue weighted by Gasteiger charge is -2.22. The number of nitrogens with one attached hydrogen (secondary N) is 1. The molecule has 0 amide bonds. The zero-order valence-corrected chi connectivity index (χ0v) is 17.2. The number of guanidine groups is 1. The summed E-state index contributed by atoms with van der Waals surface area (Å²) < 4.78 is 10.1. The minimum Gasteiger partial charge on any atom is -0.494 e. The van der Waals surface area contributed by atoms with Gasteiger partial charge in [-0.1, -0.05) is 12.1 Å². The van der Waals surface area contributed by atoms with E-state index in [9.17, 15) is 4.79 Å². The molecule has 7 heteroatoms. The van der Waals surface area contributed by atoms with Crippen molar-refractivity contribution in [3.05, 3.63) is 29.8 Å². The van der Waals surface area contributed by atoms with E-state index in [1.807, 2.05) is 50.1 Å². The van der Waals surface area contributed by atoms with E-state index in [-0.39, 0.29) is 36.4 Å². The molecule has 0 atom stereocenters. The minimum atomic E-state index is -0.251. The molecule has 0 saturated carbocycles. The second-order valence-corrected chi connectivity index (χ2v) is 4.99. The third kappa shape index (κ3) is 8.37. The quantitative estimate of drug-likeness (QED) is 0.286. The fourth-order valence-corrected chi connectivity index (χ4v) is 2.03. The summed E-state index contributed by atoms with van der Waals surface area (Å²) in [5.74, 6) is 1.39. The number of aliphatic imine (C=N–C) groups is 1. The lowest BCUT2D eigenvalue weighted by molar-refractivity contribution is -0.140. The SMILES string of the molecule is CCNC(=NCCC(=O)OC)N(C)Cc1ccc(OCC)cc1.I. The molecule has 0 aromatic heterocycles. The van der Waals surface area contributed by atoms with Gasteiger partial charge in [0.05, 0.1) is 26.7 Å². The van der Waals surface area contributed by atoms with Crippen LogP contribution in [0.5, 0.6) is 5.75 Å². The fourth-order valence-electron chi connectivity index (χ4n) is 2.03. The largest absolute Gasteiger partial charge is 0.494 e. The van der Waals surface area contributed by atoms with Crippen molar-refractivity contribution >= 4 is 35.9 Å². The summed E-state index contributed by atoms with van der Waals surface area (Å²) >= 11 is 0. The number of esters is 1. The van der Waals surface area contributed by atoms with Crippen molar-refractivity contribution in [2.45, 2.75) is 26.8 Å². The van der Waals surface area contributed by atoms with Gasteiger partial charge in [0.15, 0.2) is 5.96 Å². The molecule has 1 rings (SSSR count). The molecule has 0 fully saturated rings. The normalized spacial score (nSPS) is 10.6. The summed E-state index contributed by atoms with van der Waals surface area (Å²) in [6, 6.07) is 8.01. The van der Waals surface area contributed by atoms with Crippen molar-refractivity contribution in [3.8, 4) is 5.75 Å². The fraction of sp³-hybridized carbons (Fsp3) is 0.529. The van der Waals surface area contributed by atoms with Crippen molar-refractivity contribution in [2.75, 3.05) is 33.9 Å². The van der Waals surface area contributed by atoms with Crippen LogP contribution in [-0.2, 0) is 16.1 Å². The number of carbonyl (C=O) groups is 1. The van der Waals surface area contributed by atoms with E-state index in [4.69, 9.17) is 4.74 Å². The van der Waals surface area contributed by atoms with E-state index in [2.05, 4.69) is 15.0 Å². The first-order valence-corrected chi connectivity index (χ1v) is 7.88. The van der Waals surface area contributed by atoms with Crippen LogP contribution in [0.25, 0.3) is 0 Å². The Bertz CT molecular complexity index is 506. The van der Waals surface area contributed by atoms with E-state index in [1.165, 1.54) is 7.11 Å². The van der Waals surface area contributed by atoms with Crippen molar-refractivity contribution in [3.63, 3.8) is 0 Å². The smallest absolute Gasteiger partial charge is 0.307 e. The van der Waals surface area contributed by atoms with Gasteiger partial charge in [0.2, 0.25) is 0 Å². The Hall–Kier alpha value is -1.51. The van der Waals surface area contributed by atoms with Crippen LogP contribution in [0.1, 0.15) is 25.8 Å². The van der Waals surface area contributed by atoms with E-state index < -0.39 is 0 Å². The Kier molecular flexibility index (Phi) is 12.0. The number of benzene rings is 1. The van der Waals surface area contributed by atoms with Crippen molar-refractivity contribution in [1.29, 1.82) is 0 Å². The maximum absolute atomic E-state index is 11.2. The third-order valence-electron chi connectivity index (χ3n) is 3.16. The van der Waals surface area contributed by atoms with Gasteiger partial charge >= 0.3 is 5.97 Å². The van der Waals surface area contributed by atoms with Gasteiger partial charge in [-0.25, -0.2) is 0 Å². The number of methoxy groups -OCH3 is 1. The van der Waals surface area contributed by atoms with Crippen LogP contribution >= 0.6 is 24.0 Å². The predicted octanol–water partition coefficient (Wildman–Crippen LogP) is 2.66. The number of carbonyl (C=O) groups excluding carboxylic acids is 1. The van der Waals surface area contributed by atoms with Crippen LogP contribution in [-0.4, -0.2) is 50.7 Å². The Morgan fingerprint density at radius 3 is 2.46 bits per heavy atom. The molecule has 0 heterocycles. The van der Waals surface area contributed by atoms with Gasteiger partial charge in [-0.2, -0.15) is 0 Å². The molecule has 1 aromatic rings. The minimum absolute atomic E-state index is 0. The monoisotopic (exact) mass is 449 g/mol. The standard InChI is InChI=1S/C17H27N3O3.HI/c1-5-18-17(19-12-11-16(21)22-4)20(3)13-14-7-9-15(10-8-14)23-6-2;/h7-10H,5-6,11-13H2,1-4H3,(H,18,19);1H. The third-order valence-corrected chi connectivity index (χ3v) is 3.16. The highest BCUT2D eigenvalue weighted by molar-refractivity contribution is 14.0. The molecule has 1 aromatic carbocycles. The summed E-state index contributed by atoms with van der Waals surface area (Å²) in [5.41, 5.74) is 1.16. The lowest BCUT2D eigenvalue weighted by atomic mass is 10.2. The van der Waals surface area contributed by atoms with Crippen LogP contribution in [0.4, 0.5) is 0 Å². The second kappa shape index (κ2) is 12.9. The van der Waals surface area contributed by atoms with Crippen LogP contribution in [0.3, 0.4) is 0 Å². The van der Waals surface area contributed by atoms with Gasteiger partial charge in [0, 0.05) is 20.1 Å². The van der Waals surface area contributed by atoms with Crippen LogP contribution in [0, 0.1) is 0 Å². The maximum atomic E-state index is 11.2. The molecule has 0 spiro atoms. The van der Waals surface area contributed by atoms with E-state index in [1.54, 1.807) is 0 Å². The van der Waals surface area contributed by atoms with Gasteiger partial charge in [-0.05, 0) is 31.5 Å². The van der Waals surface area contributed by atoms with Crippen molar-refractivity contribution < 1.29 is 14.3 Å². The molecule has 0 bridgehead atoms. The molecule has 24 heavy (non-hydrogen) atoms. The van der Waals surface area contributed by atoms with Gasteiger partial charge in [0.1, 0.15) is 5.75 Å². The molecule has 136 valence electrons. The second-order valence-electron chi connectivity index (χ2n) is 4.99. The Morgan fingerprint density at radius 1 is 1.25 bits per heavy atom. The van der Waals surface area contributed by atoms with E-state index in [0.29, 0.717) is 13.2 Å². The lowest BCUT2D eigenvalue weighted by Crippen LogP contribution is -2.38. The first-order chi connectivity index (χ1) is 11.1. The van der Waals surface area contributed by atoms with Gasteiger partial charge in [0.25, 0.3) is 0 Å². The van der Waals surface area contributed by atoms with E-state index in [0.717, 1.165) is 30.4 Å². The first kappa shape index (κ1) is 22.5. The maximum Gasteiger partial charge on any atom is 0.307 e. The van der Waals surface area contributed by atoms with Gasteiger partial charge < -0.3 is 19.7 Å². The highest BCUT2D eigenvalue weighted by Crippen LogP contribution is 2.13. The number of ether oxygens (including phenoxy) is 2. The number of halogens is 1. The van der Waals surface area contributed by atoms with Crippen LogP contribution in [0.15, 0.2) is 29.3 Å². The van der Waals surface area contributed by atoms with E-state index >= 15 is 0 Å². The zero-order valence-electron chi connectivity index (χ0n) is 14.9. The molecule has 0 unspecified atom stereocenters. The summed E-state index contributed by atoms with van der Waals surface area (Å²) in [6.45, 7) is 6.54. The molecule has 0 aliphatic heterocycles. The summed E-state index contributed by atoms with van der Waals surface area (Å²) in [6.07, 6.45) is 0.280. The molecule has 6 nitrogen and oxygen atoms in total. The number of nitrogens with zero attached hydrogens (tertiary/aromatic N) is 2. The molecule has 0 saturated heterocycles. The number of hydrogen-bond acceptors (Lipinski definition) is 4. The summed E-state index contributed by atoms with van der Waals surface area (Å²) in [5, 5.41) is 3.23.